The van der Waals surface area contributed by atoms with Gasteiger partial charge < -0.3 is 10.6 Å². The molecule has 0 spiro atoms. The van der Waals surface area contributed by atoms with Gasteiger partial charge in [-0.2, -0.15) is 0 Å². The van der Waals surface area contributed by atoms with E-state index in [4.69, 9.17) is 23.2 Å². The van der Waals surface area contributed by atoms with E-state index in [0.717, 1.165) is 12.8 Å². The molecule has 1 aliphatic rings. The average molecular weight is 329 g/mol. The first-order valence-electron chi connectivity index (χ1n) is 7.07. The second-order valence-corrected chi connectivity index (χ2v) is 5.99. The number of hydrogen-bond acceptors (Lipinski definition) is 2. The minimum absolute atomic E-state index is 0.0474. The van der Waals surface area contributed by atoms with Crippen molar-refractivity contribution in [3.63, 3.8) is 0 Å². The van der Waals surface area contributed by atoms with Crippen LogP contribution < -0.4 is 10.6 Å². The molecule has 0 saturated heterocycles. The molecule has 0 radical (unpaired) electrons. The van der Waals surface area contributed by atoms with Gasteiger partial charge in [0.05, 0.1) is 27.6 Å². The summed E-state index contributed by atoms with van der Waals surface area (Å²) in [6, 6.07) is 5.03. The minimum Gasteiger partial charge on any atom is -0.356 e. The molecular formula is C15H18Cl2N2O2. The Hall–Kier alpha value is -1.26. The molecule has 0 bridgehead atoms. The second-order valence-electron chi connectivity index (χ2n) is 5.18. The summed E-state index contributed by atoms with van der Waals surface area (Å²) in [5.74, 6) is -0.781. The number of benzene rings is 1. The van der Waals surface area contributed by atoms with Crippen LogP contribution in [0.15, 0.2) is 18.2 Å². The van der Waals surface area contributed by atoms with E-state index in [9.17, 15) is 9.59 Å². The van der Waals surface area contributed by atoms with Gasteiger partial charge in [-0.25, -0.2) is 0 Å². The zero-order chi connectivity index (χ0) is 15.4. The molecule has 1 aliphatic carbocycles. The van der Waals surface area contributed by atoms with E-state index in [1.807, 2.05) is 0 Å². The van der Waals surface area contributed by atoms with Gasteiger partial charge >= 0.3 is 0 Å². The van der Waals surface area contributed by atoms with Gasteiger partial charge in [-0.3, -0.25) is 9.59 Å². The molecule has 6 heteroatoms. The lowest BCUT2D eigenvalue weighted by molar-refractivity contribution is -0.125. The van der Waals surface area contributed by atoms with Crippen molar-refractivity contribution >= 4 is 40.7 Å². The third-order valence-corrected chi connectivity index (χ3v) is 4.13. The number of halogens is 2. The highest BCUT2D eigenvalue weighted by molar-refractivity contribution is 6.39. The first-order valence-corrected chi connectivity index (χ1v) is 7.82. The van der Waals surface area contributed by atoms with Gasteiger partial charge in [0.15, 0.2) is 0 Å². The van der Waals surface area contributed by atoms with Crippen molar-refractivity contribution in [2.75, 3.05) is 11.9 Å². The first-order chi connectivity index (χ1) is 10.0. The Bertz CT molecular complexity index is 528. The summed E-state index contributed by atoms with van der Waals surface area (Å²) in [6.45, 7) is 2.73. The van der Waals surface area contributed by atoms with Crippen LogP contribution in [0.25, 0.3) is 0 Å². The summed E-state index contributed by atoms with van der Waals surface area (Å²) >= 11 is 12.0. The fourth-order valence-electron chi connectivity index (χ4n) is 2.13. The number of amides is 2. The molecule has 0 aliphatic heterocycles. The van der Waals surface area contributed by atoms with Gasteiger partial charge in [-0.15, -0.1) is 0 Å². The van der Waals surface area contributed by atoms with E-state index in [1.54, 1.807) is 18.2 Å². The molecule has 2 atom stereocenters. The van der Waals surface area contributed by atoms with Crippen LogP contribution in [0.2, 0.25) is 10.0 Å². The average Bonchev–Trinajstić information content (AvgIpc) is 3.23. The lowest BCUT2D eigenvalue weighted by atomic mass is 10.2. The monoisotopic (exact) mass is 328 g/mol. The van der Waals surface area contributed by atoms with Gasteiger partial charge in [0.2, 0.25) is 11.8 Å². The molecular weight excluding hydrogens is 311 g/mol. The van der Waals surface area contributed by atoms with Crippen LogP contribution >= 0.6 is 23.2 Å². The number of carbonyl (C=O) groups excluding carboxylic acids is 2. The molecule has 21 heavy (non-hydrogen) atoms. The molecule has 4 nitrogen and oxygen atoms in total. The van der Waals surface area contributed by atoms with Gasteiger partial charge in [0.25, 0.3) is 0 Å². The maximum absolute atomic E-state index is 12.1. The van der Waals surface area contributed by atoms with E-state index in [0.29, 0.717) is 28.7 Å². The Kier molecular flexibility index (Phi) is 5.48. The zero-order valence-electron chi connectivity index (χ0n) is 11.8. The molecule has 114 valence electrons. The summed E-state index contributed by atoms with van der Waals surface area (Å²) in [5, 5.41) is 6.33. The smallest absolute Gasteiger partial charge is 0.228 e. The number of unbranched alkanes of at least 4 members (excludes halogenated alkanes) is 1. The largest absolute Gasteiger partial charge is 0.356 e. The van der Waals surface area contributed by atoms with Crippen LogP contribution in [-0.2, 0) is 9.59 Å². The zero-order valence-corrected chi connectivity index (χ0v) is 13.3. The van der Waals surface area contributed by atoms with Crippen LogP contribution in [0, 0.1) is 11.8 Å². The van der Waals surface area contributed by atoms with E-state index < -0.39 is 0 Å². The number of para-hydroxylation sites is 1. The summed E-state index contributed by atoms with van der Waals surface area (Å²) in [5.41, 5.74) is 0.405. The summed E-state index contributed by atoms with van der Waals surface area (Å²) < 4.78 is 0. The van der Waals surface area contributed by atoms with Gasteiger partial charge in [0, 0.05) is 6.54 Å². The molecule has 1 fully saturated rings. The lowest BCUT2D eigenvalue weighted by Crippen LogP contribution is -2.28. The van der Waals surface area contributed by atoms with Gasteiger partial charge in [-0.1, -0.05) is 42.6 Å². The molecule has 1 aromatic rings. The normalized spacial score (nSPS) is 20.0. The highest BCUT2D eigenvalue weighted by Gasteiger charge is 2.48. The van der Waals surface area contributed by atoms with Gasteiger partial charge in [-0.05, 0) is 25.0 Å². The second kappa shape index (κ2) is 7.14. The summed E-state index contributed by atoms with van der Waals surface area (Å²) in [7, 11) is 0. The van der Waals surface area contributed by atoms with E-state index in [2.05, 4.69) is 17.6 Å². The maximum Gasteiger partial charge on any atom is 0.228 e. The molecule has 2 N–H and O–H groups in total. The number of rotatable bonds is 6. The molecule has 2 amide bonds. The van der Waals surface area contributed by atoms with Crippen LogP contribution in [0.5, 0.6) is 0 Å². The molecule has 2 rings (SSSR count). The van der Waals surface area contributed by atoms with Crippen molar-refractivity contribution < 1.29 is 9.59 Å². The fraction of sp³-hybridized carbons (Fsp3) is 0.467. The Labute approximate surface area is 134 Å². The lowest BCUT2D eigenvalue weighted by Gasteiger charge is -2.09. The fourth-order valence-corrected chi connectivity index (χ4v) is 2.62. The predicted molar refractivity (Wildman–Crippen MR) is 84.6 cm³/mol. The standard InChI is InChI=1S/C15H18Cl2N2O2/c1-2-3-7-18-14(20)9-8-10(9)15(21)19-13-11(16)5-4-6-12(13)17/h4-6,9-10H,2-3,7-8H2,1H3,(H,18,20)(H,19,21). The molecule has 2 unspecified atom stereocenters. The van der Waals surface area contributed by atoms with Gasteiger partial charge in [0.1, 0.15) is 0 Å². The first kappa shape index (κ1) is 16.1. The highest BCUT2D eigenvalue weighted by Crippen LogP contribution is 2.40. The Morgan fingerprint density at radius 2 is 1.81 bits per heavy atom. The Morgan fingerprint density at radius 1 is 1.19 bits per heavy atom. The van der Waals surface area contributed by atoms with Crippen molar-refractivity contribution in [2.45, 2.75) is 26.2 Å². The third kappa shape index (κ3) is 4.11. The molecule has 1 saturated carbocycles. The van der Waals surface area contributed by atoms with Crippen LogP contribution in [0.1, 0.15) is 26.2 Å². The topological polar surface area (TPSA) is 58.2 Å². The number of nitrogens with one attached hydrogen (secondary N) is 2. The number of anilines is 1. The molecule has 0 heterocycles. The van der Waals surface area contributed by atoms with Crippen LogP contribution in [0.4, 0.5) is 5.69 Å². The number of carbonyl (C=O) groups is 2. The minimum atomic E-state index is -0.293. The predicted octanol–water partition coefficient (Wildman–Crippen LogP) is 3.48. The Balaban J connectivity index is 1.87. The molecule has 0 aromatic heterocycles. The van der Waals surface area contributed by atoms with Crippen molar-refractivity contribution in [3.05, 3.63) is 28.2 Å². The van der Waals surface area contributed by atoms with Crippen molar-refractivity contribution in [3.8, 4) is 0 Å². The SMILES string of the molecule is CCCCNC(=O)C1CC1C(=O)Nc1c(Cl)cccc1Cl. The third-order valence-electron chi connectivity index (χ3n) is 3.50. The van der Waals surface area contributed by atoms with E-state index in [-0.39, 0.29) is 23.7 Å². The molecule has 1 aromatic carbocycles. The summed E-state index contributed by atoms with van der Waals surface area (Å²) in [4.78, 5) is 24.0. The number of hydrogen-bond donors (Lipinski definition) is 2. The Morgan fingerprint density at radius 3 is 2.43 bits per heavy atom. The highest BCUT2D eigenvalue weighted by atomic mass is 35.5. The maximum atomic E-state index is 12.1. The van der Waals surface area contributed by atoms with Crippen molar-refractivity contribution in [2.24, 2.45) is 11.8 Å². The van der Waals surface area contributed by atoms with E-state index >= 15 is 0 Å². The quantitative estimate of drug-likeness (QED) is 0.785. The van der Waals surface area contributed by atoms with Crippen LogP contribution in [-0.4, -0.2) is 18.4 Å². The van der Waals surface area contributed by atoms with E-state index in [1.165, 1.54) is 0 Å². The summed E-state index contributed by atoms with van der Waals surface area (Å²) in [6.07, 6.45) is 2.55. The van der Waals surface area contributed by atoms with Crippen molar-refractivity contribution in [1.82, 2.24) is 5.32 Å². The van der Waals surface area contributed by atoms with Crippen LogP contribution in [0.3, 0.4) is 0 Å². The van der Waals surface area contributed by atoms with Crippen molar-refractivity contribution in [1.29, 1.82) is 0 Å².